The number of halogens is 3. The van der Waals surface area contributed by atoms with Crippen molar-refractivity contribution in [2.24, 2.45) is 13.0 Å². The monoisotopic (exact) mass is 369 g/mol. The standard InChI is InChI=1S/C17H18F3N3O3/c1-10-7-15(26-17(18,19)20)21-9-12(10)14-8-13(22-23(14)2)16(24)25-6-5-11-3-4-11/h7-9,11H,3-6H2,1-2H3. The average Bonchev–Trinajstić information content (AvgIpc) is 3.27. The fourth-order valence-electron chi connectivity index (χ4n) is 2.59. The predicted molar refractivity (Wildman–Crippen MR) is 85.5 cm³/mol. The number of rotatable bonds is 6. The Labute approximate surface area is 147 Å². The van der Waals surface area contributed by atoms with Crippen molar-refractivity contribution in [1.29, 1.82) is 0 Å². The van der Waals surface area contributed by atoms with E-state index in [-0.39, 0.29) is 5.69 Å². The quantitative estimate of drug-likeness (QED) is 0.727. The lowest BCUT2D eigenvalue weighted by Crippen LogP contribution is -2.18. The molecule has 26 heavy (non-hydrogen) atoms. The van der Waals surface area contributed by atoms with Gasteiger partial charge in [-0.15, -0.1) is 13.2 Å². The van der Waals surface area contributed by atoms with Gasteiger partial charge in [0, 0.05) is 24.9 Å². The molecule has 0 atom stereocenters. The summed E-state index contributed by atoms with van der Waals surface area (Å²) >= 11 is 0. The molecule has 0 saturated heterocycles. The molecule has 1 aliphatic carbocycles. The summed E-state index contributed by atoms with van der Waals surface area (Å²) in [6.07, 6.45) is -0.313. The highest BCUT2D eigenvalue weighted by atomic mass is 19.4. The van der Waals surface area contributed by atoms with Gasteiger partial charge >= 0.3 is 12.3 Å². The van der Waals surface area contributed by atoms with Crippen LogP contribution in [0.1, 0.15) is 35.3 Å². The number of aryl methyl sites for hydroxylation is 2. The molecule has 3 rings (SSSR count). The van der Waals surface area contributed by atoms with Gasteiger partial charge in [-0.3, -0.25) is 4.68 Å². The summed E-state index contributed by atoms with van der Waals surface area (Å²) in [6.45, 7) is 1.99. The highest BCUT2D eigenvalue weighted by Crippen LogP contribution is 2.32. The number of alkyl halides is 3. The van der Waals surface area contributed by atoms with Crippen LogP contribution in [0.4, 0.5) is 13.2 Å². The SMILES string of the molecule is Cc1cc(OC(F)(F)F)ncc1-c1cc(C(=O)OCCC2CC2)nn1C. The highest BCUT2D eigenvalue weighted by Gasteiger charge is 2.32. The molecule has 2 aromatic rings. The second-order valence-electron chi connectivity index (χ2n) is 6.29. The first-order chi connectivity index (χ1) is 12.2. The third-order valence-electron chi connectivity index (χ3n) is 4.13. The summed E-state index contributed by atoms with van der Waals surface area (Å²) in [4.78, 5) is 15.8. The van der Waals surface area contributed by atoms with Crippen LogP contribution in [-0.2, 0) is 11.8 Å². The zero-order chi connectivity index (χ0) is 18.9. The molecule has 0 bridgehead atoms. The zero-order valence-corrected chi connectivity index (χ0v) is 14.3. The van der Waals surface area contributed by atoms with Crippen LogP contribution in [0.3, 0.4) is 0 Å². The van der Waals surface area contributed by atoms with Crippen LogP contribution >= 0.6 is 0 Å². The van der Waals surface area contributed by atoms with E-state index in [0.717, 1.165) is 6.42 Å². The van der Waals surface area contributed by atoms with Gasteiger partial charge < -0.3 is 9.47 Å². The van der Waals surface area contributed by atoms with E-state index in [0.29, 0.717) is 29.3 Å². The number of hydrogen-bond acceptors (Lipinski definition) is 5. The van der Waals surface area contributed by atoms with Gasteiger partial charge in [0.25, 0.3) is 0 Å². The third kappa shape index (κ3) is 4.53. The Morgan fingerprint density at radius 2 is 2.08 bits per heavy atom. The number of carbonyl (C=O) groups excluding carboxylic acids is 1. The molecular formula is C17H18F3N3O3. The van der Waals surface area contributed by atoms with Gasteiger partial charge in [0.05, 0.1) is 12.3 Å². The molecule has 140 valence electrons. The number of ether oxygens (including phenoxy) is 2. The largest absolute Gasteiger partial charge is 0.574 e. The fourth-order valence-corrected chi connectivity index (χ4v) is 2.59. The average molecular weight is 369 g/mol. The van der Waals surface area contributed by atoms with Gasteiger partial charge in [-0.05, 0) is 30.9 Å². The second-order valence-corrected chi connectivity index (χ2v) is 6.29. The van der Waals surface area contributed by atoms with E-state index in [1.807, 2.05) is 0 Å². The third-order valence-corrected chi connectivity index (χ3v) is 4.13. The van der Waals surface area contributed by atoms with E-state index < -0.39 is 18.2 Å². The predicted octanol–water partition coefficient (Wildman–Crippen LogP) is 3.65. The topological polar surface area (TPSA) is 66.2 Å². The Morgan fingerprint density at radius 3 is 2.69 bits per heavy atom. The summed E-state index contributed by atoms with van der Waals surface area (Å²) < 4.78 is 47.3. The number of carbonyl (C=O) groups is 1. The first-order valence-electron chi connectivity index (χ1n) is 8.17. The molecule has 6 nitrogen and oxygen atoms in total. The number of pyridine rings is 1. The maximum Gasteiger partial charge on any atom is 0.574 e. The minimum absolute atomic E-state index is 0.147. The lowest BCUT2D eigenvalue weighted by atomic mass is 10.1. The molecule has 0 radical (unpaired) electrons. The van der Waals surface area contributed by atoms with Crippen molar-refractivity contribution in [3.05, 3.63) is 29.6 Å². The molecule has 9 heteroatoms. The summed E-state index contributed by atoms with van der Waals surface area (Å²) in [7, 11) is 1.63. The van der Waals surface area contributed by atoms with Gasteiger partial charge in [0.1, 0.15) is 0 Å². The van der Waals surface area contributed by atoms with E-state index >= 15 is 0 Å². The van der Waals surface area contributed by atoms with E-state index in [1.165, 1.54) is 35.9 Å². The minimum Gasteiger partial charge on any atom is -0.461 e. The molecule has 0 aromatic carbocycles. The molecule has 0 amide bonds. The summed E-state index contributed by atoms with van der Waals surface area (Å²) in [6, 6.07) is 2.72. The van der Waals surface area contributed by atoms with E-state index in [4.69, 9.17) is 4.74 Å². The highest BCUT2D eigenvalue weighted by molar-refractivity contribution is 5.88. The van der Waals surface area contributed by atoms with Crippen LogP contribution in [0.15, 0.2) is 18.3 Å². The lowest BCUT2D eigenvalue weighted by molar-refractivity contribution is -0.276. The maximum atomic E-state index is 12.3. The first kappa shape index (κ1) is 18.2. The smallest absolute Gasteiger partial charge is 0.461 e. The van der Waals surface area contributed by atoms with Crippen molar-refractivity contribution >= 4 is 5.97 Å². The number of nitrogens with zero attached hydrogens (tertiary/aromatic N) is 3. The number of hydrogen-bond donors (Lipinski definition) is 0. The molecule has 2 heterocycles. The van der Waals surface area contributed by atoms with Crippen LogP contribution in [0.5, 0.6) is 5.88 Å². The van der Waals surface area contributed by atoms with Gasteiger partial charge in [-0.2, -0.15) is 5.10 Å². The number of esters is 1. The molecule has 0 unspecified atom stereocenters. The van der Waals surface area contributed by atoms with Crippen molar-refractivity contribution in [2.75, 3.05) is 6.61 Å². The maximum absolute atomic E-state index is 12.3. The fraction of sp³-hybridized carbons (Fsp3) is 0.471. The summed E-state index contributed by atoms with van der Waals surface area (Å²) in [5, 5.41) is 4.13. The lowest BCUT2D eigenvalue weighted by Gasteiger charge is -2.10. The Morgan fingerprint density at radius 1 is 1.35 bits per heavy atom. The normalized spacial score (nSPS) is 14.3. The van der Waals surface area contributed by atoms with Crippen LogP contribution in [0.25, 0.3) is 11.3 Å². The minimum atomic E-state index is -4.80. The molecular weight excluding hydrogens is 351 g/mol. The second kappa shape index (κ2) is 6.97. The van der Waals surface area contributed by atoms with E-state index in [1.54, 1.807) is 14.0 Å². The molecule has 1 saturated carbocycles. The Bertz CT molecular complexity index is 813. The molecule has 0 spiro atoms. The van der Waals surface area contributed by atoms with E-state index in [2.05, 4.69) is 14.8 Å². The number of aromatic nitrogens is 3. The summed E-state index contributed by atoms with van der Waals surface area (Å²) in [5.41, 5.74) is 1.75. The van der Waals surface area contributed by atoms with Crippen molar-refractivity contribution in [3.63, 3.8) is 0 Å². The molecule has 2 aromatic heterocycles. The van der Waals surface area contributed by atoms with Gasteiger partial charge in [-0.25, -0.2) is 9.78 Å². The van der Waals surface area contributed by atoms with Crippen LogP contribution < -0.4 is 4.74 Å². The molecule has 1 aliphatic rings. The summed E-state index contributed by atoms with van der Waals surface area (Å²) in [5.74, 6) is -0.399. The van der Waals surface area contributed by atoms with Gasteiger partial charge in [0.15, 0.2) is 5.69 Å². The van der Waals surface area contributed by atoms with Crippen molar-refractivity contribution in [3.8, 4) is 17.1 Å². The molecule has 1 fully saturated rings. The first-order valence-corrected chi connectivity index (χ1v) is 8.17. The van der Waals surface area contributed by atoms with Gasteiger partial charge in [-0.1, -0.05) is 12.8 Å². The Balaban J connectivity index is 1.74. The van der Waals surface area contributed by atoms with Crippen LogP contribution in [0, 0.1) is 12.8 Å². The van der Waals surface area contributed by atoms with Crippen LogP contribution in [-0.4, -0.2) is 33.7 Å². The molecule has 0 N–H and O–H groups in total. The Hall–Kier alpha value is -2.58. The van der Waals surface area contributed by atoms with Crippen LogP contribution in [0.2, 0.25) is 0 Å². The Kier molecular flexibility index (Phi) is 4.88. The zero-order valence-electron chi connectivity index (χ0n) is 14.3. The van der Waals surface area contributed by atoms with Gasteiger partial charge in [0.2, 0.25) is 5.88 Å². The van der Waals surface area contributed by atoms with Crippen molar-refractivity contribution < 1.29 is 27.4 Å². The van der Waals surface area contributed by atoms with Crippen molar-refractivity contribution in [1.82, 2.24) is 14.8 Å². The van der Waals surface area contributed by atoms with Crippen molar-refractivity contribution in [2.45, 2.75) is 32.5 Å². The van der Waals surface area contributed by atoms with E-state index in [9.17, 15) is 18.0 Å². The molecule has 0 aliphatic heterocycles.